The highest BCUT2D eigenvalue weighted by molar-refractivity contribution is 7.80. The Balaban J connectivity index is 1.98. The highest BCUT2D eigenvalue weighted by atomic mass is 35.5. The van der Waals surface area contributed by atoms with E-state index in [1.807, 2.05) is 13.8 Å². The van der Waals surface area contributed by atoms with Crippen LogP contribution in [0.4, 0.5) is 5.69 Å². The standard InChI is InChI=1S/C18H17ClN2O4S/c1-10(2)25-13-6-3-11(4-7-13)16(22)21-18(26)20-12-5-8-14(17(23)24)15(19)9-12/h3-10H,1-2H3,(H,23,24)(H2,20,21,22,26). The van der Waals surface area contributed by atoms with Crippen LogP contribution in [0.25, 0.3) is 0 Å². The van der Waals surface area contributed by atoms with Crippen molar-refractivity contribution < 1.29 is 19.4 Å². The van der Waals surface area contributed by atoms with Crippen molar-refractivity contribution >= 4 is 46.5 Å². The minimum Gasteiger partial charge on any atom is -0.491 e. The smallest absolute Gasteiger partial charge is 0.337 e. The molecule has 3 N–H and O–H groups in total. The van der Waals surface area contributed by atoms with Crippen molar-refractivity contribution in [3.05, 3.63) is 58.6 Å². The van der Waals surface area contributed by atoms with E-state index in [1.165, 1.54) is 18.2 Å². The molecular formula is C18H17ClN2O4S. The van der Waals surface area contributed by atoms with E-state index < -0.39 is 5.97 Å². The second-order valence-corrected chi connectivity index (χ2v) is 6.41. The molecule has 2 aromatic carbocycles. The van der Waals surface area contributed by atoms with Gasteiger partial charge in [0.25, 0.3) is 5.91 Å². The number of rotatable bonds is 5. The van der Waals surface area contributed by atoms with Crippen LogP contribution in [0.3, 0.4) is 0 Å². The van der Waals surface area contributed by atoms with Gasteiger partial charge < -0.3 is 15.2 Å². The number of carboxylic acid groups (broad SMARTS) is 1. The number of carbonyl (C=O) groups excluding carboxylic acids is 1. The molecule has 2 aromatic rings. The minimum atomic E-state index is -1.12. The van der Waals surface area contributed by atoms with Gasteiger partial charge >= 0.3 is 5.97 Å². The molecule has 136 valence electrons. The molecule has 0 saturated heterocycles. The van der Waals surface area contributed by atoms with Crippen LogP contribution >= 0.6 is 23.8 Å². The summed E-state index contributed by atoms with van der Waals surface area (Å²) in [5.74, 6) is -0.834. The van der Waals surface area contributed by atoms with Gasteiger partial charge in [-0.15, -0.1) is 0 Å². The third-order valence-corrected chi connectivity index (χ3v) is 3.69. The van der Waals surface area contributed by atoms with E-state index in [-0.39, 0.29) is 27.7 Å². The number of halogens is 1. The van der Waals surface area contributed by atoms with Crippen LogP contribution in [0.15, 0.2) is 42.5 Å². The van der Waals surface area contributed by atoms with Crippen molar-refractivity contribution in [1.29, 1.82) is 0 Å². The summed E-state index contributed by atoms with van der Waals surface area (Å²) in [6.45, 7) is 3.83. The Morgan fingerprint density at radius 3 is 2.35 bits per heavy atom. The lowest BCUT2D eigenvalue weighted by Gasteiger charge is -2.12. The molecule has 8 heteroatoms. The van der Waals surface area contributed by atoms with Crippen LogP contribution in [0, 0.1) is 0 Å². The molecule has 0 bridgehead atoms. The van der Waals surface area contributed by atoms with E-state index in [4.69, 9.17) is 33.7 Å². The number of hydrogen-bond donors (Lipinski definition) is 3. The number of thiocarbonyl (C=S) groups is 1. The molecule has 0 fully saturated rings. The van der Waals surface area contributed by atoms with Gasteiger partial charge in [0.2, 0.25) is 0 Å². The molecule has 2 rings (SSSR count). The van der Waals surface area contributed by atoms with E-state index in [9.17, 15) is 9.59 Å². The van der Waals surface area contributed by atoms with Crippen molar-refractivity contribution in [3.63, 3.8) is 0 Å². The second-order valence-electron chi connectivity index (χ2n) is 5.60. The SMILES string of the molecule is CC(C)Oc1ccc(C(=O)NC(=S)Nc2ccc(C(=O)O)c(Cl)c2)cc1. The lowest BCUT2D eigenvalue weighted by atomic mass is 10.2. The Labute approximate surface area is 161 Å². The van der Waals surface area contributed by atoms with Crippen molar-refractivity contribution in [2.24, 2.45) is 0 Å². The maximum atomic E-state index is 12.2. The van der Waals surface area contributed by atoms with Crippen LogP contribution in [-0.4, -0.2) is 28.2 Å². The number of benzene rings is 2. The molecule has 0 aliphatic carbocycles. The van der Waals surface area contributed by atoms with E-state index in [0.717, 1.165) is 0 Å². The van der Waals surface area contributed by atoms with Gasteiger partial charge in [0.1, 0.15) is 5.75 Å². The molecule has 0 aliphatic rings. The zero-order valence-electron chi connectivity index (χ0n) is 14.1. The van der Waals surface area contributed by atoms with Gasteiger partial charge in [0.05, 0.1) is 16.7 Å². The summed E-state index contributed by atoms with van der Waals surface area (Å²) in [7, 11) is 0. The minimum absolute atomic E-state index is 0.0177. The molecule has 0 heterocycles. The molecule has 0 unspecified atom stereocenters. The summed E-state index contributed by atoms with van der Waals surface area (Å²) in [5, 5.41) is 14.4. The molecule has 26 heavy (non-hydrogen) atoms. The first-order chi connectivity index (χ1) is 12.3. The first-order valence-electron chi connectivity index (χ1n) is 7.68. The molecular weight excluding hydrogens is 376 g/mol. The van der Waals surface area contributed by atoms with Crippen LogP contribution in [0.1, 0.15) is 34.6 Å². The number of nitrogens with one attached hydrogen (secondary N) is 2. The molecule has 1 amide bonds. The van der Waals surface area contributed by atoms with E-state index in [0.29, 0.717) is 17.0 Å². The van der Waals surface area contributed by atoms with Gasteiger partial charge in [-0.05, 0) is 68.5 Å². The van der Waals surface area contributed by atoms with Gasteiger partial charge in [-0.25, -0.2) is 4.79 Å². The average molecular weight is 393 g/mol. The normalized spacial score (nSPS) is 10.3. The van der Waals surface area contributed by atoms with Gasteiger partial charge in [-0.3, -0.25) is 10.1 Å². The third kappa shape index (κ3) is 5.44. The van der Waals surface area contributed by atoms with E-state index in [2.05, 4.69) is 10.6 Å². The highest BCUT2D eigenvalue weighted by Gasteiger charge is 2.11. The predicted octanol–water partition coefficient (Wildman–Crippen LogP) is 3.95. The molecule has 0 aromatic heterocycles. The number of anilines is 1. The van der Waals surface area contributed by atoms with Crippen LogP contribution < -0.4 is 15.4 Å². The van der Waals surface area contributed by atoms with E-state index >= 15 is 0 Å². The number of carboxylic acids is 1. The Hall–Kier alpha value is -2.64. The van der Waals surface area contributed by atoms with Gasteiger partial charge in [0, 0.05) is 11.3 Å². The van der Waals surface area contributed by atoms with Crippen molar-refractivity contribution in [3.8, 4) is 5.75 Å². The third-order valence-electron chi connectivity index (χ3n) is 3.17. The highest BCUT2D eigenvalue weighted by Crippen LogP contribution is 2.21. The Morgan fingerprint density at radius 2 is 1.81 bits per heavy atom. The second kappa shape index (κ2) is 8.64. The molecule has 0 saturated carbocycles. The number of ether oxygens (including phenoxy) is 1. The predicted molar refractivity (Wildman–Crippen MR) is 104 cm³/mol. The number of amides is 1. The fourth-order valence-corrected chi connectivity index (χ4v) is 2.53. The summed E-state index contributed by atoms with van der Waals surface area (Å²) >= 11 is 11.0. The van der Waals surface area contributed by atoms with E-state index in [1.54, 1.807) is 24.3 Å². The Bertz CT molecular complexity index is 838. The van der Waals surface area contributed by atoms with Crippen molar-refractivity contribution in [2.45, 2.75) is 20.0 Å². The van der Waals surface area contributed by atoms with Gasteiger partial charge in [-0.1, -0.05) is 11.6 Å². The number of carbonyl (C=O) groups is 2. The monoisotopic (exact) mass is 392 g/mol. The first-order valence-corrected chi connectivity index (χ1v) is 8.47. The fraction of sp³-hybridized carbons (Fsp3) is 0.167. The molecule has 6 nitrogen and oxygen atoms in total. The van der Waals surface area contributed by atoms with Gasteiger partial charge in [-0.2, -0.15) is 0 Å². The lowest BCUT2D eigenvalue weighted by molar-refractivity contribution is 0.0697. The molecule has 0 spiro atoms. The maximum Gasteiger partial charge on any atom is 0.337 e. The first kappa shape index (κ1) is 19.7. The Morgan fingerprint density at radius 1 is 1.15 bits per heavy atom. The topological polar surface area (TPSA) is 87.7 Å². The zero-order valence-corrected chi connectivity index (χ0v) is 15.6. The zero-order chi connectivity index (χ0) is 19.3. The Kier molecular flexibility index (Phi) is 6.54. The molecule has 0 aliphatic heterocycles. The summed E-state index contributed by atoms with van der Waals surface area (Å²) in [4.78, 5) is 23.1. The van der Waals surface area contributed by atoms with Crippen LogP contribution in [-0.2, 0) is 0 Å². The number of aromatic carboxylic acids is 1. The largest absolute Gasteiger partial charge is 0.491 e. The molecule has 0 atom stereocenters. The number of hydrogen-bond acceptors (Lipinski definition) is 4. The molecule has 0 radical (unpaired) electrons. The summed E-state index contributed by atoms with van der Waals surface area (Å²) in [6, 6.07) is 11.0. The summed E-state index contributed by atoms with van der Waals surface area (Å²) in [6.07, 6.45) is 0.0470. The van der Waals surface area contributed by atoms with Crippen LogP contribution in [0.5, 0.6) is 5.75 Å². The quantitative estimate of drug-likeness (QED) is 0.668. The van der Waals surface area contributed by atoms with Crippen LogP contribution in [0.2, 0.25) is 5.02 Å². The lowest BCUT2D eigenvalue weighted by Crippen LogP contribution is -2.34. The fourth-order valence-electron chi connectivity index (χ4n) is 2.06. The van der Waals surface area contributed by atoms with Crippen molar-refractivity contribution in [2.75, 3.05) is 5.32 Å². The van der Waals surface area contributed by atoms with Crippen molar-refractivity contribution in [1.82, 2.24) is 5.32 Å². The average Bonchev–Trinajstić information content (AvgIpc) is 2.54. The van der Waals surface area contributed by atoms with Gasteiger partial charge in [0.15, 0.2) is 5.11 Å². The summed E-state index contributed by atoms with van der Waals surface area (Å²) < 4.78 is 5.52. The summed E-state index contributed by atoms with van der Waals surface area (Å²) in [5.41, 5.74) is 0.867. The maximum absolute atomic E-state index is 12.2.